The predicted molar refractivity (Wildman–Crippen MR) is 74.3 cm³/mol. The molecule has 2 N–H and O–H groups in total. The molecule has 1 aliphatic heterocycles. The number of aromatic nitrogens is 1. The van der Waals surface area contributed by atoms with Gasteiger partial charge >= 0.3 is 0 Å². The normalized spacial score (nSPS) is 14.4. The quantitative estimate of drug-likeness (QED) is 0.831. The number of halogens is 1. The van der Waals surface area contributed by atoms with E-state index in [1.165, 1.54) is 5.56 Å². The fourth-order valence-electron chi connectivity index (χ4n) is 2.82. The molecule has 0 aliphatic carbocycles. The predicted octanol–water partition coefficient (Wildman–Crippen LogP) is 2.78. The Morgan fingerprint density at radius 1 is 1.47 bits per heavy atom. The molecule has 2 aromatic rings. The second-order valence-corrected chi connectivity index (χ2v) is 4.96. The van der Waals surface area contributed by atoms with Crippen LogP contribution in [0.2, 0.25) is 0 Å². The molecule has 3 nitrogen and oxygen atoms in total. The molecule has 0 saturated heterocycles. The summed E-state index contributed by atoms with van der Waals surface area (Å²) in [6, 6.07) is 1.55. The molecule has 0 amide bonds. The van der Waals surface area contributed by atoms with Crippen molar-refractivity contribution in [3.8, 4) is 5.75 Å². The van der Waals surface area contributed by atoms with Gasteiger partial charge in [-0.2, -0.15) is 0 Å². The minimum atomic E-state index is -0.248. The molecule has 0 fully saturated rings. The van der Waals surface area contributed by atoms with Gasteiger partial charge < -0.3 is 15.0 Å². The van der Waals surface area contributed by atoms with Crippen molar-refractivity contribution in [1.29, 1.82) is 0 Å². The van der Waals surface area contributed by atoms with Gasteiger partial charge in [-0.3, -0.25) is 0 Å². The fraction of sp³-hybridized carbons (Fsp3) is 0.467. The van der Waals surface area contributed by atoms with Crippen molar-refractivity contribution in [3.63, 3.8) is 0 Å². The lowest BCUT2D eigenvalue weighted by molar-refractivity contribution is 0.274. The van der Waals surface area contributed by atoms with Gasteiger partial charge in [0, 0.05) is 28.7 Å². The van der Waals surface area contributed by atoms with Gasteiger partial charge in [0.25, 0.3) is 0 Å². The summed E-state index contributed by atoms with van der Waals surface area (Å²) in [5, 5.41) is 4.48. The maximum Gasteiger partial charge on any atom is 0.167 e. The van der Waals surface area contributed by atoms with Crippen molar-refractivity contribution in [2.24, 2.45) is 0 Å². The maximum absolute atomic E-state index is 14.0. The lowest BCUT2D eigenvalue weighted by Gasteiger charge is -2.19. The van der Waals surface area contributed by atoms with Crippen LogP contribution in [0.1, 0.15) is 24.5 Å². The van der Waals surface area contributed by atoms with Crippen molar-refractivity contribution in [1.82, 2.24) is 10.3 Å². The highest BCUT2D eigenvalue weighted by molar-refractivity contribution is 5.89. The largest absolute Gasteiger partial charge is 0.490 e. The minimum absolute atomic E-state index is 0.248. The number of likely N-dealkylation sites (N-methyl/N-ethyl adjacent to an activating group) is 1. The van der Waals surface area contributed by atoms with Crippen molar-refractivity contribution in [3.05, 3.63) is 29.2 Å². The lowest BCUT2D eigenvalue weighted by Crippen LogP contribution is -2.16. The summed E-state index contributed by atoms with van der Waals surface area (Å²) in [5.41, 5.74) is 3.17. The number of H-pyrrole nitrogens is 1. The van der Waals surface area contributed by atoms with Gasteiger partial charge in [-0.1, -0.05) is 6.92 Å². The van der Waals surface area contributed by atoms with Crippen LogP contribution in [0.4, 0.5) is 4.39 Å². The summed E-state index contributed by atoms with van der Waals surface area (Å²) in [6.45, 7) is 4.63. The van der Waals surface area contributed by atoms with E-state index in [1.807, 2.05) is 6.20 Å². The number of aromatic amines is 1. The first-order valence-electron chi connectivity index (χ1n) is 6.96. The number of ether oxygens (including phenoxy) is 1. The molecule has 0 unspecified atom stereocenters. The summed E-state index contributed by atoms with van der Waals surface area (Å²) in [5.74, 6) is 0.213. The van der Waals surface area contributed by atoms with E-state index in [9.17, 15) is 4.39 Å². The summed E-state index contributed by atoms with van der Waals surface area (Å²) in [6.07, 6.45) is 4.81. The molecule has 0 bridgehead atoms. The number of fused-ring (bicyclic) bond motifs is 3. The summed E-state index contributed by atoms with van der Waals surface area (Å²) < 4.78 is 19.5. The molecule has 2 heterocycles. The monoisotopic (exact) mass is 262 g/mol. The van der Waals surface area contributed by atoms with E-state index in [1.54, 1.807) is 6.07 Å². The Kier molecular flexibility index (Phi) is 3.42. The van der Waals surface area contributed by atoms with Crippen molar-refractivity contribution >= 4 is 10.9 Å². The Morgan fingerprint density at radius 2 is 2.37 bits per heavy atom. The molecule has 19 heavy (non-hydrogen) atoms. The number of hydrogen-bond donors (Lipinski definition) is 2. The van der Waals surface area contributed by atoms with Crippen LogP contribution in [-0.2, 0) is 12.8 Å². The van der Waals surface area contributed by atoms with Crippen LogP contribution in [0.25, 0.3) is 10.9 Å². The Hall–Kier alpha value is -1.55. The first kappa shape index (κ1) is 12.5. The average Bonchev–Trinajstić information content (AvgIpc) is 2.83. The van der Waals surface area contributed by atoms with Crippen molar-refractivity contribution < 1.29 is 9.13 Å². The highest BCUT2D eigenvalue weighted by Crippen LogP contribution is 2.36. The van der Waals surface area contributed by atoms with E-state index in [4.69, 9.17) is 4.74 Å². The third-order valence-corrected chi connectivity index (χ3v) is 3.69. The molecule has 1 aromatic heterocycles. The van der Waals surface area contributed by atoms with E-state index < -0.39 is 0 Å². The fourth-order valence-corrected chi connectivity index (χ4v) is 2.82. The smallest absolute Gasteiger partial charge is 0.167 e. The molecule has 0 saturated carbocycles. The zero-order valence-electron chi connectivity index (χ0n) is 11.2. The summed E-state index contributed by atoms with van der Waals surface area (Å²) in [7, 11) is 0. The van der Waals surface area contributed by atoms with Crippen LogP contribution >= 0.6 is 0 Å². The third kappa shape index (κ3) is 2.21. The summed E-state index contributed by atoms with van der Waals surface area (Å²) >= 11 is 0. The van der Waals surface area contributed by atoms with Crippen LogP contribution in [0, 0.1) is 5.82 Å². The van der Waals surface area contributed by atoms with Crippen molar-refractivity contribution in [2.75, 3.05) is 19.7 Å². The minimum Gasteiger partial charge on any atom is -0.490 e. The van der Waals surface area contributed by atoms with Crippen LogP contribution in [0.15, 0.2) is 12.3 Å². The van der Waals surface area contributed by atoms with Crippen LogP contribution in [-0.4, -0.2) is 24.7 Å². The maximum atomic E-state index is 14.0. The Morgan fingerprint density at radius 3 is 3.21 bits per heavy atom. The number of nitrogens with one attached hydrogen (secondary N) is 2. The van der Waals surface area contributed by atoms with Gasteiger partial charge in [0.05, 0.1) is 6.61 Å². The average molecular weight is 262 g/mol. The third-order valence-electron chi connectivity index (χ3n) is 3.69. The number of benzene rings is 1. The zero-order valence-corrected chi connectivity index (χ0v) is 11.2. The van der Waals surface area contributed by atoms with Crippen LogP contribution < -0.4 is 10.1 Å². The second kappa shape index (κ2) is 5.21. The number of hydrogen-bond acceptors (Lipinski definition) is 2. The molecule has 0 spiro atoms. The lowest BCUT2D eigenvalue weighted by atomic mass is 9.98. The number of aryl methyl sites for hydroxylation is 1. The van der Waals surface area contributed by atoms with Gasteiger partial charge in [0.1, 0.15) is 0 Å². The van der Waals surface area contributed by atoms with Crippen molar-refractivity contribution in [2.45, 2.75) is 26.2 Å². The van der Waals surface area contributed by atoms with E-state index in [2.05, 4.69) is 17.2 Å². The molecule has 3 rings (SSSR count). The molecular weight excluding hydrogens is 243 g/mol. The van der Waals surface area contributed by atoms with Gasteiger partial charge in [-0.25, -0.2) is 4.39 Å². The molecule has 1 aromatic carbocycles. The van der Waals surface area contributed by atoms with E-state index >= 15 is 0 Å². The Labute approximate surface area is 112 Å². The topological polar surface area (TPSA) is 37.0 Å². The Bertz CT molecular complexity index is 591. The van der Waals surface area contributed by atoms with E-state index in [-0.39, 0.29) is 5.82 Å². The highest BCUT2D eigenvalue weighted by Gasteiger charge is 2.21. The molecule has 4 heteroatoms. The Balaban J connectivity index is 2.05. The highest BCUT2D eigenvalue weighted by atomic mass is 19.1. The standard InChI is InChI=1S/C15H19FN2O/c1-2-17-6-5-10-9-18-13-8-12(16)15-11(14(10)13)4-3-7-19-15/h8-9,17-18H,2-7H2,1H3. The van der Waals surface area contributed by atoms with Crippen LogP contribution in [0.5, 0.6) is 5.75 Å². The van der Waals surface area contributed by atoms with Gasteiger partial charge in [-0.15, -0.1) is 0 Å². The first-order valence-corrected chi connectivity index (χ1v) is 6.96. The van der Waals surface area contributed by atoms with E-state index in [0.29, 0.717) is 12.4 Å². The molecule has 1 aliphatic rings. The molecule has 0 atom stereocenters. The van der Waals surface area contributed by atoms with Gasteiger partial charge in [0.2, 0.25) is 0 Å². The SMILES string of the molecule is CCNCCc1c[nH]c2cc(F)c3c(c12)CCCO3. The van der Waals surface area contributed by atoms with Gasteiger partial charge in [-0.05, 0) is 37.9 Å². The van der Waals surface area contributed by atoms with Gasteiger partial charge in [0.15, 0.2) is 11.6 Å². The number of rotatable bonds is 4. The molecular formula is C15H19FN2O. The van der Waals surface area contributed by atoms with Crippen LogP contribution in [0.3, 0.4) is 0 Å². The molecule has 0 radical (unpaired) electrons. The summed E-state index contributed by atoms with van der Waals surface area (Å²) in [4.78, 5) is 3.18. The van der Waals surface area contributed by atoms with E-state index in [0.717, 1.165) is 48.8 Å². The zero-order chi connectivity index (χ0) is 13.2. The first-order chi connectivity index (χ1) is 9.31. The second-order valence-electron chi connectivity index (χ2n) is 4.96. The molecule has 102 valence electrons.